The van der Waals surface area contributed by atoms with Crippen molar-refractivity contribution in [3.63, 3.8) is 0 Å². The lowest BCUT2D eigenvalue weighted by Gasteiger charge is -2.23. The van der Waals surface area contributed by atoms with E-state index in [1.165, 1.54) is 0 Å². The molecule has 4 aromatic heterocycles. The van der Waals surface area contributed by atoms with Gasteiger partial charge in [-0.15, -0.1) is 0 Å². The Balaban J connectivity index is 1.52. The number of pyridine rings is 1. The van der Waals surface area contributed by atoms with Crippen LogP contribution in [0.3, 0.4) is 0 Å². The molecule has 31 heavy (non-hydrogen) atoms. The average molecular weight is 415 g/mol. The van der Waals surface area contributed by atoms with E-state index in [0.29, 0.717) is 31.4 Å². The first-order chi connectivity index (χ1) is 15.1. The number of furan rings is 1. The van der Waals surface area contributed by atoms with Gasteiger partial charge < -0.3 is 13.9 Å². The van der Waals surface area contributed by atoms with Crippen LogP contribution in [0.5, 0.6) is 0 Å². The summed E-state index contributed by atoms with van der Waals surface area (Å²) in [7, 11) is 0. The van der Waals surface area contributed by atoms with Crippen molar-refractivity contribution in [2.24, 2.45) is 0 Å². The predicted molar refractivity (Wildman–Crippen MR) is 116 cm³/mol. The maximum absolute atomic E-state index is 13.2. The molecule has 1 amide bonds. The summed E-state index contributed by atoms with van der Waals surface area (Å²) in [5, 5.41) is 4.90. The number of amides is 1. The van der Waals surface area contributed by atoms with E-state index in [4.69, 9.17) is 9.52 Å². The minimum Gasteiger partial charge on any atom is -0.469 e. The average Bonchev–Trinajstić information content (AvgIpc) is 3.47. The number of carbonyl (C=O) groups excluding carboxylic acids is 1. The maximum Gasteiger partial charge on any atom is 0.230 e. The molecule has 0 saturated heterocycles. The molecule has 0 N–H and O–H groups in total. The van der Waals surface area contributed by atoms with Crippen LogP contribution in [0.2, 0.25) is 0 Å². The van der Waals surface area contributed by atoms with Gasteiger partial charge in [0, 0.05) is 48.0 Å². The van der Waals surface area contributed by atoms with Gasteiger partial charge in [0.05, 0.1) is 37.2 Å². The third-order valence-electron chi connectivity index (χ3n) is 5.68. The fraction of sp³-hybridized carbons (Fsp3) is 0.292. The number of nitrogens with zero attached hydrogens (tertiary/aromatic N) is 5. The lowest BCUT2D eigenvalue weighted by molar-refractivity contribution is -0.132. The van der Waals surface area contributed by atoms with E-state index in [9.17, 15) is 4.79 Å². The molecule has 1 aliphatic heterocycles. The van der Waals surface area contributed by atoms with E-state index < -0.39 is 0 Å². The van der Waals surface area contributed by atoms with Crippen LogP contribution < -0.4 is 0 Å². The summed E-state index contributed by atoms with van der Waals surface area (Å²) >= 11 is 0. The van der Waals surface area contributed by atoms with Crippen molar-refractivity contribution in [3.05, 3.63) is 84.0 Å². The van der Waals surface area contributed by atoms with Gasteiger partial charge in [0.25, 0.3) is 0 Å². The van der Waals surface area contributed by atoms with Crippen molar-refractivity contribution >= 4 is 5.91 Å². The van der Waals surface area contributed by atoms with E-state index in [2.05, 4.69) is 35.7 Å². The highest BCUT2D eigenvalue weighted by molar-refractivity contribution is 5.79. The number of hydrogen-bond donors (Lipinski definition) is 0. The molecule has 7 nitrogen and oxygen atoms in total. The molecule has 0 unspecified atom stereocenters. The molecule has 0 fully saturated rings. The minimum atomic E-state index is 0.0442. The Morgan fingerprint density at radius 2 is 2.06 bits per heavy atom. The molecule has 0 aromatic carbocycles. The second-order valence-corrected chi connectivity index (χ2v) is 8.20. The predicted octanol–water partition coefficient (Wildman–Crippen LogP) is 4.05. The molecule has 0 spiro atoms. The molecule has 4 aromatic rings. The Bertz CT molecular complexity index is 1190. The molecule has 5 heterocycles. The maximum atomic E-state index is 13.2. The molecule has 0 aliphatic carbocycles. The van der Waals surface area contributed by atoms with Gasteiger partial charge in [0.1, 0.15) is 5.76 Å². The molecule has 0 saturated carbocycles. The van der Waals surface area contributed by atoms with Crippen LogP contribution in [-0.2, 0) is 30.8 Å². The van der Waals surface area contributed by atoms with Crippen molar-refractivity contribution in [3.8, 4) is 11.3 Å². The zero-order valence-electron chi connectivity index (χ0n) is 17.7. The Labute approximate surface area is 180 Å². The van der Waals surface area contributed by atoms with Crippen molar-refractivity contribution < 1.29 is 9.21 Å². The zero-order chi connectivity index (χ0) is 21.4. The molecule has 7 heteroatoms. The Kier molecular flexibility index (Phi) is 4.94. The van der Waals surface area contributed by atoms with Gasteiger partial charge in [-0.25, -0.2) is 0 Å². The normalized spacial score (nSPS) is 13.2. The Morgan fingerprint density at radius 3 is 2.81 bits per heavy atom. The fourth-order valence-corrected chi connectivity index (χ4v) is 4.18. The number of hydrogen-bond acceptors (Lipinski definition) is 4. The summed E-state index contributed by atoms with van der Waals surface area (Å²) < 4.78 is 9.56. The summed E-state index contributed by atoms with van der Waals surface area (Å²) in [5.41, 5.74) is 5.15. The number of rotatable bonds is 5. The third kappa shape index (κ3) is 3.79. The quantitative estimate of drug-likeness (QED) is 0.493. The number of aromatic nitrogens is 4. The summed E-state index contributed by atoms with van der Waals surface area (Å²) in [4.78, 5) is 19.5. The monoisotopic (exact) mass is 415 g/mol. The molecule has 0 radical (unpaired) electrons. The summed E-state index contributed by atoms with van der Waals surface area (Å²) in [6, 6.07) is 11.9. The Morgan fingerprint density at radius 1 is 1.16 bits per heavy atom. The molecule has 158 valence electrons. The van der Waals surface area contributed by atoms with Crippen molar-refractivity contribution in [2.45, 2.75) is 45.9 Å². The molecule has 5 rings (SSSR count). The van der Waals surface area contributed by atoms with Gasteiger partial charge in [-0.05, 0) is 44.2 Å². The van der Waals surface area contributed by atoms with Gasteiger partial charge >= 0.3 is 0 Å². The second kappa shape index (κ2) is 7.91. The van der Waals surface area contributed by atoms with Crippen molar-refractivity contribution in [1.82, 2.24) is 24.2 Å². The van der Waals surface area contributed by atoms with Gasteiger partial charge in [-0.3, -0.25) is 14.5 Å². The standard InChI is InChI=1S/C24H25N5O2/c1-17(2)29-10-8-21-22(29)16-27(23(30)12-20-7-5-11-31-20)13-18-14-28(26-24(18)21)15-19-6-3-4-9-25-19/h3-11,14,17H,12-13,15-16H2,1-2H3. The lowest BCUT2D eigenvalue weighted by atomic mass is 10.1. The van der Waals surface area contributed by atoms with Gasteiger partial charge in [-0.2, -0.15) is 5.10 Å². The molecular weight excluding hydrogens is 390 g/mol. The van der Waals surface area contributed by atoms with Crippen molar-refractivity contribution in [1.29, 1.82) is 0 Å². The highest BCUT2D eigenvalue weighted by Crippen LogP contribution is 2.34. The largest absolute Gasteiger partial charge is 0.469 e. The van der Waals surface area contributed by atoms with Crippen LogP contribution in [-0.4, -0.2) is 30.1 Å². The van der Waals surface area contributed by atoms with E-state index in [0.717, 1.165) is 28.2 Å². The van der Waals surface area contributed by atoms with Crippen LogP contribution in [0.25, 0.3) is 11.3 Å². The fourth-order valence-electron chi connectivity index (χ4n) is 4.18. The number of carbonyl (C=O) groups is 1. The third-order valence-corrected chi connectivity index (χ3v) is 5.68. The van der Waals surface area contributed by atoms with E-state index in [-0.39, 0.29) is 12.3 Å². The SMILES string of the molecule is CC(C)n1ccc2c1CN(C(=O)Cc1ccco1)Cc1cn(Cc3ccccn3)nc1-2. The highest BCUT2D eigenvalue weighted by Gasteiger charge is 2.28. The number of fused-ring (bicyclic) bond motifs is 3. The van der Waals surface area contributed by atoms with E-state index in [1.807, 2.05) is 46.1 Å². The topological polar surface area (TPSA) is 69.1 Å². The van der Waals surface area contributed by atoms with Gasteiger partial charge in [0.2, 0.25) is 5.91 Å². The van der Waals surface area contributed by atoms with Crippen LogP contribution in [0.4, 0.5) is 0 Å². The lowest BCUT2D eigenvalue weighted by Crippen LogP contribution is -2.31. The zero-order valence-corrected chi connectivity index (χ0v) is 17.7. The first kappa shape index (κ1) is 19.4. The second-order valence-electron chi connectivity index (χ2n) is 8.20. The molecule has 0 atom stereocenters. The first-order valence-corrected chi connectivity index (χ1v) is 10.5. The highest BCUT2D eigenvalue weighted by atomic mass is 16.3. The van der Waals surface area contributed by atoms with Gasteiger partial charge in [-0.1, -0.05) is 6.07 Å². The molecular formula is C24H25N5O2. The first-order valence-electron chi connectivity index (χ1n) is 10.5. The van der Waals surface area contributed by atoms with E-state index >= 15 is 0 Å². The summed E-state index contributed by atoms with van der Waals surface area (Å²) in [6.45, 7) is 5.97. The van der Waals surface area contributed by atoms with Crippen LogP contribution in [0, 0.1) is 0 Å². The molecule has 1 aliphatic rings. The van der Waals surface area contributed by atoms with Gasteiger partial charge in [0.15, 0.2) is 0 Å². The van der Waals surface area contributed by atoms with E-state index in [1.54, 1.807) is 12.5 Å². The Hall–Kier alpha value is -3.61. The summed E-state index contributed by atoms with van der Waals surface area (Å²) in [6.07, 6.45) is 7.78. The molecule has 0 bridgehead atoms. The minimum absolute atomic E-state index is 0.0442. The van der Waals surface area contributed by atoms with Crippen LogP contribution in [0.1, 0.15) is 42.6 Å². The smallest absolute Gasteiger partial charge is 0.230 e. The summed E-state index contributed by atoms with van der Waals surface area (Å²) in [5.74, 6) is 0.725. The van der Waals surface area contributed by atoms with Crippen molar-refractivity contribution in [2.75, 3.05) is 0 Å². The van der Waals surface area contributed by atoms with Crippen LogP contribution >= 0.6 is 0 Å². The van der Waals surface area contributed by atoms with Crippen LogP contribution in [0.15, 0.2) is 65.7 Å².